The van der Waals surface area contributed by atoms with Crippen molar-refractivity contribution < 1.29 is 106 Å². The molecule has 0 aromatic heterocycles. The summed E-state index contributed by atoms with van der Waals surface area (Å²) in [7, 11) is -5.57. The van der Waals surface area contributed by atoms with Crippen LogP contribution in [-0.4, -0.2) is 165 Å². The van der Waals surface area contributed by atoms with Crippen LogP contribution in [0.2, 0.25) is 0 Å². The Balaban J connectivity index is 2.82. The topological polar surface area (TPSA) is 356 Å². The molecule has 800 valence electrons. The van der Waals surface area contributed by atoms with Gasteiger partial charge in [0.2, 0.25) is 11.8 Å². The van der Waals surface area contributed by atoms with Gasteiger partial charge < -0.3 is 74.0 Å². The van der Waals surface area contributed by atoms with Crippen LogP contribution in [-0.2, 0) is 75.8 Å². The molecule has 0 spiro atoms. The van der Waals surface area contributed by atoms with Crippen molar-refractivity contribution in [2.24, 2.45) is 5.92 Å². The number of nitrogens with one attached hydrogen (secondary N) is 2. The van der Waals surface area contributed by atoms with E-state index in [1.165, 1.54) is 161 Å². The van der Waals surface area contributed by atoms with Gasteiger partial charge in [0.25, 0.3) is 0 Å². The minimum Gasteiger partial charge on any atom is -0.462 e. The molecule has 0 saturated carbocycles. The number of aliphatic hydroxyl groups is 4. The Hall–Kier alpha value is -3.68. The average molecular weight is 1950 g/mol. The van der Waals surface area contributed by atoms with Crippen molar-refractivity contribution in [3.8, 4) is 0 Å². The second-order valence-corrected chi connectivity index (χ2v) is 42.0. The predicted molar refractivity (Wildman–Crippen MR) is 547 cm³/mol. The van der Waals surface area contributed by atoms with Crippen LogP contribution in [0.3, 0.4) is 0 Å². The Labute approximate surface area is 828 Å². The number of unbranched alkanes of at least 4 members (excludes halogenated alkanes) is 62. The summed E-state index contributed by atoms with van der Waals surface area (Å²) in [4.78, 5) is 123. The molecule has 2 fully saturated rings. The van der Waals surface area contributed by atoms with Gasteiger partial charge in [-0.25, -0.2) is 4.57 Å². The van der Waals surface area contributed by atoms with Gasteiger partial charge in [-0.05, 0) is 64.2 Å². The number of phosphoric acid groups is 1. The predicted octanol–water partition coefficient (Wildman–Crippen LogP) is 27.2. The van der Waals surface area contributed by atoms with E-state index in [-0.39, 0.29) is 38.5 Å². The molecule has 25 heteroatoms. The van der Waals surface area contributed by atoms with Crippen molar-refractivity contribution >= 4 is 49.3 Å². The lowest BCUT2D eigenvalue weighted by molar-refractivity contribution is -0.293. The molecule has 2 aliphatic rings. The molecule has 14 atom stereocenters. The molecule has 2 rings (SSSR count). The van der Waals surface area contributed by atoms with Crippen LogP contribution in [0, 0.1) is 5.92 Å². The SMILES string of the molecule is CCCCCCCCCCCCCCCC(=O)O[C@H](CCCCCCCCCCC)CC(=O)N[C@H]1C(O)O[C@H](CO[C@@H]2O[C@H](CO)[C@@H](OP(=O)(O)O)[C@H](CC(=O)C[C@@H](CCCCCCCCCCC)OC(=O)CCCCCCCCCCCCC)[C@H]2NC(=O)C[C@@H](CCCCCCCCCCC)OC(=O)CCCCCCCCCCC)[C@@H](O)[C@@H]1OC(=O)C[C@H](O)CCCCCCCCCCC. The van der Waals surface area contributed by atoms with E-state index in [1.54, 1.807) is 0 Å². The summed E-state index contributed by atoms with van der Waals surface area (Å²) in [6, 6.07) is -3.29. The van der Waals surface area contributed by atoms with Crippen LogP contribution < -0.4 is 10.6 Å². The standard InChI is InChI=1S/C111H209N2O22P/c1-8-15-22-29-36-43-45-46-48-55-62-69-76-83-103(121)131-95(80-73-66-59-52-41-34-27-20-13-6)88-100(118)113-106-109(134-104(122)86-91(115)77-70-63-56-49-38-31-24-17-10-3)107(123)98(132-110(106)124)90-128-111-105(112-99(117)87-94(79-72-65-58-51-40-33-26-19-12-5)130-102(120)82-75-67-60-53-42-35-28-21-14-7)96(108(97(89-114)133-111)135-136(125,126)127)85-92(116)84-93(78-71-64-57-50-39-32-25-18-11-4)129-101(119)81-74-68-61-54-47-44-37-30-23-16-9-2/h91,93-98,105-111,114-115,123-124H,8-90H2,1-7H3,(H,112,117)(H,113,118)(H2,125,126,127)/t91-,93-,94-,95-,96-,97-,98-,105-,106-,107-,108+,109-,110?,111-/m1/s1. The zero-order valence-electron chi connectivity index (χ0n) is 87.9. The molecule has 2 aliphatic heterocycles. The second kappa shape index (κ2) is 89.0. The van der Waals surface area contributed by atoms with Gasteiger partial charge in [0.05, 0.1) is 44.6 Å². The van der Waals surface area contributed by atoms with Crippen LogP contribution in [0.5, 0.6) is 0 Å². The van der Waals surface area contributed by atoms with Gasteiger partial charge in [0, 0.05) is 38.0 Å². The molecule has 0 aromatic rings. The van der Waals surface area contributed by atoms with Crippen LogP contribution in [0.4, 0.5) is 0 Å². The number of carbonyl (C=O) groups excluding carboxylic acids is 7. The maximum atomic E-state index is 15.3. The van der Waals surface area contributed by atoms with Crippen LogP contribution in [0.1, 0.15) is 569 Å². The van der Waals surface area contributed by atoms with E-state index < -0.39 is 167 Å². The Morgan fingerprint density at radius 2 is 0.610 bits per heavy atom. The quantitative estimate of drug-likeness (QED) is 0.0121. The number of amides is 2. The number of phosphoric ester groups is 1. The van der Waals surface area contributed by atoms with Crippen molar-refractivity contribution in [1.29, 1.82) is 0 Å². The minimum atomic E-state index is -5.57. The molecule has 2 amide bonds. The van der Waals surface area contributed by atoms with Crippen molar-refractivity contribution in [2.75, 3.05) is 13.2 Å². The highest BCUT2D eigenvalue weighted by atomic mass is 31.2. The van der Waals surface area contributed by atoms with Gasteiger partial charge in [-0.2, -0.15) is 0 Å². The summed E-state index contributed by atoms with van der Waals surface area (Å²) in [6.45, 7) is 13.6. The smallest absolute Gasteiger partial charge is 0.462 e. The van der Waals surface area contributed by atoms with Crippen LogP contribution in [0.25, 0.3) is 0 Å². The van der Waals surface area contributed by atoms with Crippen molar-refractivity contribution in [3.05, 3.63) is 0 Å². The van der Waals surface area contributed by atoms with Crippen LogP contribution >= 0.6 is 7.82 Å². The molecule has 0 aromatic carbocycles. The summed E-state index contributed by atoms with van der Waals surface area (Å²) in [6.07, 6.45) is 56.1. The number of hydrogen-bond acceptors (Lipinski definition) is 20. The van der Waals surface area contributed by atoms with Gasteiger partial charge >= 0.3 is 31.7 Å². The number of ether oxygens (including phenoxy) is 7. The summed E-state index contributed by atoms with van der Waals surface area (Å²) >= 11 is 0. The van der Waals surface area contributed by atoms with E-state index in [9.17, 15) is 58.8 Å². The van der Waals surface area contributed by atoms with E-state index in [4.69, 9.17) is 37.7 Å². The summed E-state index contributed by atoms with van der Waals surface area (Å²) in [5.41, 5.74) is 0. The normalized spacial score (nSPS) is 19.4. The van der Waals surface area contributed by atoms with E-state index in [2.05, 4.69) is 59.1 Å². The monoisotopic (exact) mass is 1950 g/mol. The first-order valence-electron chi connectivity index (χ1n) is 57.3. The van der Waals surface area contributed by atoms with Crippen LogP contribution in [0.15, 0.2) is 0 Å². The lowest BCUT2D eigenvalue weighted by Gasteiger charge is -2.47. The third kappa shape index (κ3) is 70.9. The molecule has 136 heavy (non-hydrogen) atoms. The number of aliphatic hydroxyl groups excluding tert-OH is 4. The Morgan fingerprint density at radius 3 is 0.912 bits per heavy atom. The average Bonchev–Trinajstić information content (AvgIpc) is 0.775. The highest BCUT2D eigenvalue weighted by Gasteiger charge is 2.53. The lowest BCUT2D eigenvalue weighted by Crippen LogP contribution is -2.66. The summed E-state index contributed by atoms with van der Waals surface area (Å²) < 4.78 is 62.9. The molecule has 2 saturated heterocycles. The van der Waals surface area contributed by atoms with Gasteiger partial charge in [-0.1, -0.05) is 453 Å². The zero-order valence-corrected chi connectivity index (χ0v) is 88.8. The first kappa shape index (κ1) is 128. The zero-order chi connectivity index (χ0) is 99.4. The molecule has 0 aliphatic carbocycles. The van der Waals surface area contributed by atoms with Gasteiger partial charge in [-0.15, -0.1) is 0 Å². The molecule has 1 unspecified atom stereocenters. The third-order valence-electron chi connectivity index (χ3n) is 27.9. The van der Waals surface area contributed by atoms with Crippen molar-refractivity contribution in [3.63, 3.8) is 0 Å². The second-order valence-electron chi connectivity index (χ2n) is 40.9. The van der Waals surface area contributed by atoms with E-state index >= 15 is 9.59 Å². The third-order valence-corrected chi connectivity index (χ3v) is 28.4. The Morgan fingerprint density at radius 1 is 0.331 bits per heavy atom. The molecular weight excluding hydrogens is 1740 g/mol. The lowest BCUT2D eigenvalue weighted by atomic mass is 9.82. The Kier molecular flexibility index (Phi) is 84.0. The highest BCUT2D eigenvalue weighted by Crippen LogP contribution is 2.45. The fourth-order valence-electron chi connectivity index (χ4n) is 19.5. The largest absolute Gasteiger partial charge is 0.469 e. The number of carbonyl (C=O) groups is 7. The fourth-order valence-corrected chi connectivity index (χ4v) is 20.1. The maximum Gasteiger partial charge on any atom is 0.469 e. The fraction of sp³-hybridized carbons (Fsp3) is 0.937. The molecule has 8 N–H and O–H groups in total. The minimum absolute atomic E-state index is 0.135. The summed E-state index contributed by atoms with van der Waals surface area (Å²) in [5, 5.41) is 53.6. The first-order valence-corrected chi connectivity index (χ1v) is 58.8. The number of ketones is 1. The number of rotatable bonds is 98. The maximum absolute atomic E-state index is 15.3. The molecular formula is C111H209N2O22P. The molecule has 0 radical (unpaired) electrons. The summed E-state index contributed by atoms with van der Waals surface area (Å²) in [5.74, 6) is -5.79. The highest BCUT2D eigenvalue weighted by molar-refractivity contribution is 7.46. The van der Waals surface area contributed by atoms with E-state index in [1.807, 2.05) is 0 Å². The van der Waals surface area contributed by atoms with E-state index in [0.717, 1.165) is 238 Å². The molecule has 2 heterocycles. The van der Waals surface area contributed by atoms with Crippen molar-refractivity contribution in [1.82, 2.24) is 10.6 Å². The van der Waals surface area contributed by atoms with E-state index in [0.29, 0.717) is 64.2 Å². The van der Waals surface area contributed by atoms with Gasteiger partial charge in [0.15, 0.2) is 18.7 Å². The number of Topliss-reactive ketones (excluding diaryl/α,β-unsaturated/α-hetero) is 1. The number of esters is 4. The van der Waals surface area contributed by atoms with Gasteiger partial charge in [0.1, 0.15) is 54.6 Å². The Bertz CT molecular complexity index is 2890. The first-order chi connectivity index (χ1) is 66.1. The van der Waals surface area contributed by atoms with Crippen molar-refractivity contribution in [2.45, 2.75) is 648 Å². The molecule has 0 bridgehead atoms. The molecule has 24 nitrogen and oxygen atoms in total. The van der Waals surface area contributed by atoms with Gasteiger partial charge in [-0.3, -0.25) is 38.1 Å². The number of hydrogen-bond donors (Lipinski definition) is 8.